The van der Waals surface area contributed by atoms with Gasteiger partial charge in [0.05, 0.1) is 27.9 Å². The zero-order valence-electron chi connectivity index (χ0n) is 11.5. The maximum Gasteiger partial charge on any atom is 0.339 e. The predicted octanol–water partition coefficient (Wildman–Crippen LogP) is 2.74. The minimum atomic E-state index is -0.681. The van der Waals surface area contributed by atoms with Gasteiger partial charge in [0.2, 0.25) is 0 Å². The molecule has 2 aromatic rings. The second kappa shape index (κ2) is 6.91. The number of carbonyl (C=O) groups is 2. The molecule has 0 aliphatic rings. The highest BCUT2D eigenvalue weighted by Gasteiger charge is 2.20. The second-order valence-corrected chi connectivity index (χ2v) is 5.15. The Morgan fingerprint density at radius 1 is 1.36 bits per heavy atom. The molecular formula is C14H12Cl2N2O4. The number of H-pyrrole nitrogens is 1. The Balaban J connectivity index is 2.46. The first-order chi connectivity index (χ1) is 10.5. The van der Waals surface area contributed by atoms with E-state index in [-0.39, 0.29) is 34.6 Å². The van der Waals surface area contributed by atoms with Crippen molar-refractivity contribution >= 4 is 35.0 Å². The Bertz CT molecular complexity index is 728. The Morgan fingerprint density at radius 3 is 2.68 bits per heavy atom. The van der Waals surface area contributed by atoms with Crippen LogP contribution in [0.25, 0.3) is 11.3 Å². The van der Waals surface area contributed by atoms with E-state index in [9.17, 15) is 9.59 Å². The van der Waals surface area contributed by atoms with Gasteiger partial charge in [-0.05, 0) is 18.2 Å². The fourth-order valence-electron chi connectivity index (χ4n) is 1.79. The third-order valence-electron chi connectivity index (χ3n) is 2.85. The summed E-state index contributed by atoms with van der Waals surface area (Å²) in [5.74, 6) is -0.871. The number of ketones is 1. The molecule has 0 aliphatic carbocycles. The fourth-order valence-corrected chi connectivity index (χ4v) is 2.43. The van der Waals surface area contributed by atoms with Crippen LogP contribution in [0.4, 0.5) is 0 Å². The number of hydrogen-bond acceptors (Lipinski definition) is 5. The normalized spacial score (nSPS) is 10.5. The minimum Gasteiger partial charge on any atom is -0.460 e. The van der Waals surface area contributed by atoms with E-state index in [0.29, 0.717) is 17.0 Å². The molecule has 2 rings (SSSR count). The molecule has 0 amide bonds. The van der Waals surface area contributed by atoms with E-state index in [4.69, 9.17) is 33.0 Å². The summed E-state index contributed by atoms with van der Waals surface area (Å²) >= 11 is 12.3. The summed E-state index contributed by atoms with van der Waals surface area (Å²) in [7, 11) is 0. The van der Waals surface area contributed by atoms with Gasteiger partial charge in [0.1, 0.15) is 12.3 Å². The molecule has 22 heavy (non-hydrogen) atoms. The maximum absolute atomic E-state index is 11.9. The SMILES string of the molecule is CC(=O)c1cc(-c2c(Cl)ccc(C(=O)OCCO)c2Cl)n[nH]1. The average molecular weight is 343 g/mol. The standard InChI is InChI=1S/C14H12Cl2N2O4/c1-7(20)10-6-11(18-17-10)12-9(15)3-2-8(13(12)16)14(21)22-5-4-19/h2-3,6,19H,4-5H2,1H3,(H,17,18). The summed E-state index contributed by atoms with van der Waals surface area (Å²) in [4.78, 5) is 23.2. The van der Waals surface area contributed by atoms with Crippen molar-refractivity contribution in [2.75, 3.05) is 13.2 Å². The molecule has 2 N–H and O–H groups in total. The number of ether oxygens (including phenoxy) is 1. The van der Waals surface area contributed by atoms with Crippen LogP contribution in [0.15, 0.2) is 18.2 Å². The summed E-state index contributed by atoms with van der Waals surface area (Å²) in [5.41, 5.74) is 1.07. The smallest absolute Gasteiger partial charge is 0.339 e. The lowest BCUT2D eigenvalue weighted by Gasteiger charge is -2.09. The number of aliphatic hydroxyl groups excluding tert-OH is 1. The van der Waals surface area contributed by atoms with Crippen molar-refractivity contribution < 1.29 is 19.4 Å². The number of aromatic nitrogens is 2. The van der Waals surface area contributed by atoms with Crippen LogP contribution < -0.4 is 0 Å². The molecule has 6 nitrogen and oxygen atoms in total. The number of nitrogens with zero attached hydrogens (tertiary/aromatic N) is 1. The van der Waals surface area contributed by atoms with Crippen molar-refractivity contribution in [1.29, 1.82) is 0 Å². The molecule has 0 bridgehead atoms. The summed E-state index contributed by atoms with van der Waals surface area (Å²) in [6.45, 7) is 0.971. The van der Waals surface area contributed by atoms with E-state index in [1.165, 1.54) is 25.1 Å². The van der Waals surface area contributed by atoms with Gasteiger partial charge in [-0.3, -0.25) is 9.89 Å². The number of aromatic amines is 1. The lowest BCUT2D eigenvalue weighted by Crippen LogP contribution is -2.09. The first-order valence-electron chi connectivity index (χ1n) is 6.28. The van der Waals surface area contributed by atoms with Crippen LogP contribution in [0.5, 0.6) is 0 Å². The summed E-state index contributed by atoms with van der Waals surface area (Å²) in [6.07, 6.45) is 0. The van der Waals surface area contributed by atoms with E-state index in [2.05, 4.69) is 10.2 Å². The van der Waals surface area contributed by atoms with Crippen LogP contribution in [-0.2, 0) is 4.74 Å². The average Bonchev–Trinajstić information content (AvgIpc) is 2.94. The molecule has 116 valence electrons. The minimum absolute atomic E-state index is 0.0667. The number of aliphatic hydroxyl groups is 1. The molecule has 0 spiro atoms. The first-order valence-corrected chi connectivity index (χ1v) is 7.04. The number of esters is 1. The molecule has 0 aliphatic heterocycles. The molecular weight excluding hydrogens is 331 g/mol. The van der Waals surface area contributed by atoms with Crippen LogP contribution in [0.2, 0.25) is 10.0 Å². The van der Waals surface area contributed by atoms with E-state index >= 15 is 0 Å². The van der Waals surface area contributed by atoms with Crippen LogP contribution in [0.3, 0.4) is 0 Å². The zero-order valence-corrected chi connectivity index (χ0v) is 13.0. The van der Waals surface area contributed by atoms with Gasteiger partial charge >= 0.3 is 5.97 Å². The van der Waals surface area contributed by atoms with E-state index in [0.717, 1.165) is 0 Å². The van der Waals surface area contributed by atoms with Gasteiger partial charge in [-0.1, -0.05) is 23.2 Å². The third kappa shape index (κ3) is 3.30. The highest BCUT2D eigenvalue weighted by atomic mass is 35.5. The molecule has 8 heteroatoms. The van der Waals surface area contributed by atoms with Gasteiger partial charge in [0, 0.05) is 12.5 Å². The monoisotopic (exact) mass is 342 g/mol. The molecule has 0 atom stereocenters. The third-order valence-corrected chi connectivity index (χ3v) is 3.56. The van der Waals surface area contributed by atoms with Crippen molar-refractivity contribution in [3.05, 3.63) is 39.5 Å². The maximum atomic E-state index is 11.9. The molecule has 0 radical (unpaired) electrons. The van der Waals surface area contributed by atoms with E-state index in [1.807, 2.05) is 0 Å². The number of nitrogens with one attached hydrogen (secondary N) is 1. The summed E-state index contributed by atoms with van der Waals surface area (Å²) in [6, 6.07) is 4.41. The first kappa shape index (κ1) is 16.5. The molecule has 0 unspecified atom stereocenters. The van der Waals surface area contributed by atoms with Crippen molar-refractivity contribution in [3.8, 4) is 11.3 Å². The molecule has 0 fully saturated rings. The van der Waals surface area contributed by atoms with Crippen molar-refractivity contribution in [2.45, 2.75) is 6.92 Å². The number of hydrogen-bond donors (Lipinski definition) is 2. The number of Topliss-reactive ketones (excluding diaryl/α,β-unsaturated/α-hetero) is 1. The Morgan fingerprint density at radius 2 is 2.09 bits per heavy atom. The lowest BCUT2D eigenvalue weighted by atomic mass is 10.1. The highest BCUT2D eigenvalue weighted by molar-refractivity contribution is 6.41. The van der Waals surface area contributed by atoms with Gasteiger partial charge in [-0.25, -0.2) is 4.79 Å². The molecule has 0 saturated heterocycles. The number of carbonyl (C=O) groups excluding carboxylic acids is 2. The van der Waals surface area contributed by atoms with Gasteiger partial charge in [0.25, 0.3) is 0 Å². The van der Waals surface area contributed by atoms with Crippen LogP contribution >= 0.6 is 23.2 Å². The molecule has 1 aromatic heterocycles. The van der Waals surface area contributed by atoms with Crippen LogP contribution in [-0.4, -0.2) is 40.3 Å². The highest BCUT2D eigenvalue weighted by Crippen LogP contribution is 2.36. The molecule has 1 aromatic carbocycles. The number of halogens is 2. The molecule has 1 heterocycles. The van der Waals surface area contributed by atoms with Gasteiger partial charge in [-0.2, -0.15) is 5.10 Å². The lowest BCUT2D eigenvalue weighted by molar-refractivity contribution is 0.0434. The van der Waals surface area contributed by atoms with Crippen molar-refractivity contribution in [3.63, 3.8) is 0 Å². The Labute approximate surface area is 136 Å². The fraction of sp³-hybridized carbons (Fsp3) is 0.214. The predicted molar refractivity (Wildman–Crippen MR) is 81.4 cm³/mol. The van der Waals surface area contributed by atoms with Crippen molar-refractivity contribution in [2.24, 2.45) is 0 Å². The second-order valence-electron chi connectivity index (χ2n) is 4.37. The van der Waals surface area contributed by atoms with Crippen LogP contribution in [0, 0.1) is 0 Å². The summed E-state index contributed by atoms with van der Waals surface area (Å²) in [5, 5.41) is 15.6. The topological polar surface area (TPSA) is 92.3 Å². The zero-order chi connectivity index (χ0) is 16.3. The largest absolute Gasteiger partial charge is 0.460 e. The van der Waals surface area contributed by atoms with Crippen molar-refractivity contribution in [1.82, 2.24) is 10.2 Å². The quantitative estimate of drug-likeness (QED) is 0.643. The Kier molecular flexibility index (Phi) is 5.18. The van der Waals surface area contributed by atoms with Crippen LogP contribution in [0.1, 0.15) is 27.8 Å². The number of rotatable bonds is 5. The van der Waals surface area contributed by atoms with Gasteiger partial charge < -0.3 is 9.84 Å². The van der Waals surface area contributed by atoms with Gasteiger partial charge in [0.15, 0.2) is 5.78 Å². The summed E-state index contributed by atoms with van der Waals surface area (Å²) < 4.78 is 4.83. The van der Waals surface area contributed by atoms with Gasteiger partial charge in [-0.15, -0.1) is 0 Å². The number of benzene rings is 1. The van der Waals surface area contributed by atoms with E-state index < -0.39 is 5.97 Å². The Hall–Kier alpha value is -1.89. The van der Waals surface area contributed by atoms with E-state index in [1.54, 1.807) is 0 Å². The molecule has 0 saturated carbocycles.